The van der Waals surface area contributed by atoms with Gasteiger partial charge in [0.1, 0.15) is 5.82 Å². The smallest absolute Gasteiger partial charge is 0.334 e. The molecular formula is C9H12F3N3. The number of rotatable bonds is 1. The Bertz CT molecular complexity index is 356. The van der Waals surface area contributed by atoms with Gasteiger partial charge < -0.3 is 10.3 Å². The minimum Gasteiger partial charge on any atom is -0.334 e. The molecule has 0 aromatic carbocycles. The van der Waals surface area contributed by atoms with E-state index in [1.807, 2.05) is 0 Å². The summed E-state index contributed by atoms with van der Waals surface area (Å²) in [6.45, 7) is 1.06. The summed E-state index contributed by atoms with van der Waals surface area (Å²) in [6.07, 6.45) is -1.86. The SMILES string of the molecule is NC[C@@H]1CCc2nc(C(F)(F)F)cn2C1. The molecule has 0 spiro atoms. The molecular weight excluding hydrogens is 207 g/mol. The average Bonchev–Trinajstić information content (AvgIpc) is 2.59. The molecule has 1 atom stereocenters. The number of aryl methyl sites for hydroxylation is 1. The molecule has 2 heterocycles. The molecule has 6 heteroatoms. The van der Waals surface area contributed by atoms with Crippen LogP contribution in [-0.4, -0.2) is 16.1 Å². The molecule has 2 rings (SSSR count). The van der Waals surface area contributed by atoms with Crippen molar-refractivity contribution in [1.82, 2.24) is 9.55 Å². The first-order valence-electron chi connectivity index (χ1n) is 4.84. The van der Waals surface area contributed by atoms with Crippen LogP contribution in [0.5, 0.6) is 0 Å². The van der Waals surface area contributed by atoms with Crippen LogP contribution < -0.4 is 5.73 Å². The van der Waals surface area contributed by atoms with Crippen LogP contribution in [0.4, 0.5) is 13.2 Å². The monoisotopic (exact) mass is 219 g/mol. The predicted octanol–water partition coefficient (Wildman–Crippen LogP) is 1.42. The number of fused-ring (bicyclic) bond motifs is 1. The van der Waals surface area contributed by atoms with Gasteiger partial charge >= 0.3 is 6.18 Å². The number of halogens is 3. The number of hydrogen-bond donors (Lipinski definition) is 1. The molecule has 0 amide bonds. The van der Waals surface area contributed by atoms with Crippen LogP contribution >= 0.6 is 0 Å². The Labute approximate surface area is 85.1 Å². The summed E-state index contributed by atoms with van der Waals surface area (Å²) in [4.78, 5) is 3.59. The van der Waals surface area contributed by atoms with Gasteiger partial charge in [-0.1, -0.05) is 0 Å². The van der Waals surface area contributed by atoms with Crippen LogP contribution in [0.1, 0.15) is 17.9 Å². The average molecular weight is 219 g/mol. The first kappa shape index (κ1) is 10.5. The van der Waals surface area contributed by atoms with Crippen LogP contribution in [0.15, 0.2) is 6.20 Å². The summed E-state index contributed by atoms with van der Waals surface area (Å²) in [6, 6.07) is 0. The zero-order valence-electron chi connectivity index (χ0n) is 8.09. The summed E-state index contributed by atoms with van der Waals surface area (Å²) in [5.74, 6) is 0.791. The third-order valence-electron chi connectivity index (χ3n) is 2.71. The summed E-state index contributed by atoms with van der Waals surface area (Å²) in [7, 11) is 0. The molecule has 1 aliphatic heterocycles. The molecule has 1 aliphatic rings. The molecule has 1 aromatic rings. The second-order valence-corrected chi connectivity index (χ2v) is 3.83. The summed E-state index contributed by atoms with van der Waals surface area (Å²) in [5.41, 5.74) is 4.70. The lowest BCUT2D eigenvalue weighted by atomic mass is 10.00. The molecule has 0 saturated heterocycles. The standard InChI is InChI=1S/C9H12F3N3/c10-9(11,12)7-5-15-4-6(3-13)1-2-8(15)14-7/h5-6H,1-4,13H2/t6-/m0/s1. The van der Waals surface area contributed by atoms with Gasteiger partial charge in [0, 0.05) is 19.2 Å². The molecule has 0 saturated carbocycles. The summed E-state index contributed by atoms with van der Waals surface area (Å²) >= 11 is 0. The van der Waals surface area contributed by atoms with Crippen LogP contribution in [0.3, 0.4) is 0 Å². The first-order valence-corrected chi connectivity index (χ1v) is 4.84. The van der Waals surface area contributed by atoms with Crippen LogP contribution in [0, 0.1) is 5.92 Å². The van der Waals surface area contributed by atoms with Gasteiger partial charge in [0.2, 0.25) is 0 Å². The van der Waals surface area contributed by atoms with E-state index in [4.69, 9.17) is 5.73 Å². The summed E-state index contributed by atoms with van der Waals surface area (Å²) in [5, 5.41) is 0. The Balaban J connectivity index is 2.26. The highest BCUT2D eigenvalue weighted by atomic mass is 19.4. The van der Waals surface area contributed by atoms with Crippen molar-refractivity contribution in [3.8, 4) is 0 Å². The molecule has 0 bridgehead atoms. The maximum absolute atomic E-state index is 12.4. The van der Waals surface area contributed by atoms with Crippen molar-refractivity contribution < 1.29 is 13.2 Å². The number of aromatic nitrogens is 2. The number of imidazole rings is 1. The lowest BCUT2D eigenvalue weighted by Gasteiger charge is -2.21. The molecule has 0 unspecified atom stereocenters. The highest BCUT2D eigenvalue weighted by molar-refractivity contribution is 5.09. The van der Waals surface area contributed by atoms with E-state index in [-0.39, 0.29) is 5.92 Å². The third kappa shape index (κ3) is 1.99. The fourth-order valence-electron chi connectivity index (χ4n) is 1.84. The van der Waals surface area contributed by atoms with E-state index < -0.39 is 11.9 Å². The lowest BCUT2D eigenvalue weighted by molar-refractivity contribution is -0.141. The zero-order chi connectivity index (χ0) is 11.1. The van der Waals surface area contributed by atoms with Crippen LogP contribution in [0.25, 0.3) is 0 Å². The van der Waals surface area contributed by atoms with E-state index in [0.29, 0.717) is 25.3 Å². The second-order valence-electron chi connectivity index (χ2n) is 3.83. The number of hydrogen-bond acceptors (Lipinski definition) is 2. The second kappa shape index (κ2) is 3.52. The number of nitrogens with two attached hydrogens (primary N) is 1. The van der Waals surface area contributed by atoms with Gasteiger partial charge in [-0.2, -0.15) is 13.2 Å². The Morgan fingerprint density at radius 1 is 1.53 bits per heavy atom. The molecule has 1 aromatic heterocycles. The van der Waals surface area contributed by atoms with Crippen molar-refractivity contribution in [2.75, 3.05) is 6.54 Å². The largest absolute Gasteiger partial charge is 0.434 e. The molecule has 2 N–H and O–H groups in total. The normalized spacial score (nSPS) is 21.5. The summed E-state index contributed by atoms with van der Waals surface area (Å²) < 4.78 is 38.6. The lowest BCUT2D eigenvalue weighted by Crippen LogP contribution is -2.25. The minimum atomic E-state index is -4.34. The van der Waals surface area contributed by atoms with E-state index in [0.717, 1.165) is 12.6 Å². The van der Waals surface area contributed by atoms with E-state index in [1.54, 1.807) is 4.57 Å². The first-order chi connectivity index (χ1) is 7.00. The van der Waals surface area contributed by atoms with Crippen molar-refractivity contribution >= 4 is 0 Å². The van der Waals surface area contributed by atoms with E-state index in [9.17, 15) is 13.2 Å². The Morgan fingerprint density at radius 3 is 2.87 bits per heavy atom. The molecule has 0 fully saturated rings. The van der Waals surface area contributed by atoms with E-state index in [1.165, 1.54) is 0 Å². The minimum absolute atomic E-state index is 0.271. The third-order valence-corrected chi connectivity index (χ3v) is 2.71. The van der Waals surface area contributed by atoms with Gasteiger partial charge in [-0.25, -0.2) is 4.98 Å². The van der Waals surface area contributed by atoms with E-state index in [2.05, 4.69) is 4.98 Å². The maximum Gasteiger partial charge on any atom is 0.434 e. The highest BCUT2D eigenvalue weighted by Gasteiger charge is 2.35. The van der Waals surface area contributed by atoms with Gasteiger partial charge in [-0.05, 0) is 18.9 Å². The van der Waals surface area contributed by atoms with Crippen molar-refractivity contribution in [2.24, 2.45) is 11.7 Å². The van der Waals surface area contributed by atoms with Gasteiger partial charge in [0.25, 0.3) is 0 Å². The van der Waals surface area contributed by atoms with Gasteiger partial charge in [0.05, 0.1) is 0 Å². The maximum atomic E-state index is 12.4. The molecule has 0 aliphatic carbocycles. The fraction of sp³-hybridized carbons (Fsp3) is 0.667. The van der Waals surface area contributed by atoms with Crippen molar-refractivity contribution in [3.05, 3.63) is 17.7 Å². The van der Waals surface area contributed by atoms with Crippen molar-refractivity contribution in [2.45, 2.75) is 25.6 Å². The predicted molar refractivity (Wildman–Crippen MR) is 48.1 cm³/mol. The topological polar surface area (TPSA) is 43.8 Å². The quantitative estimate of drug-likeness (QED) is 0.776. The van der Waals surface area contributed by atoms with Crippen molar-refractivity contribution in [3.63, 3.8) is 0 Å². The Hall–Kier alpha value is -1.04. The number of nitrogens with zero attached hydrogens (tertiary/aromatic N) is 2. The van der Waals surface area contributed by atoms with Crippen LogP contribution in [0.2, 0.25) is 0 Å². The van der Waals surface area contributed by atoms with E-state index >= 15 is 0 Å². The molecule has 84 valence electrons. The molecule has 3 nitrogen and oxygen atoms in total. The van der Waals surface area contributed by atoms with Crippen LogP contribution in [-0.2, 0) is 19.1 Å². The zero-order valence-corrected chi connectivity index (χ0v) is 8.09. The van der Waals surface area contributed by atoms with Gasteiger partial charge in [0.15, 0.2) is 5.69 Å². The Kier molecular flexibility index (Phi) is 2.46. The fourth-order valence-corrected chi connectivity index (χ4v) is 1.84. The van der Waals surface area contributed by atoms with Gasteiger partial charge in [-0.15, -0.1) is 0 Å². The Morgan fingerprint density at radius 2 is 2.27 bits per heavy atom. The highest BCUT2D eigenvalue weighted by Crippen LogP contribution is 2.30. The van der Waals surface area contributed by atoms with Gasteiger partial charge in [-0.3, -0.25) is 0 Å². The molecule has 0 radical (unpaired) electrons. The number of alkyl halides is 3. The van der Waals surface area contributed by atoms with Crippen molar-refractivity contribution in [1.29, 1.82) is 0 Å². The molecule has 15 heavy (non-hydrogen) atoms.